The van der Waals surface area contributed by atoms with Crippen molar-refractivity contribution < 1.29 is 19.4 Å². The number of hydrogen-bond donors (Lipinski definition) is 1. The smallest absolute Gasteiger partial charge is 0.304 e. The maximum absolute atomic E-state index is 10.8. The molecule has 138 valence electrons. The van der Waals surface area contributed by atoms with Gasteiger partial charge in [-0.25, -0.2) is 0 Å². The SMILES string of the molecule is Cc1cc(C)cc(Oc2ccc(C3CN(CCC(=O)O)CCO3)cc2)c1. The monoisotopic (exact) mass is 355 g/mol. The van der Waals surface area contributed by atoms with Gasteiger partial charge in [0.15, 0.2) is 0 Å². The van der Waals surface area contributed by atoms with Crippen LogP contribution in [-0.2, 0) is 9.53 Å². The van der Waals surface area contributed by atoms with E-state index < -0.39 is 5.97 Å². The van der Waals surface area contributed by atoms with Gasteiger partial charge in [0, 0.05) is 19.6 Å². The normalized spacial score (nSPS) is 17.8. The Labute approximate surface area is 154 Å². The van der Waals surface area contributed by atoms with E-state index >= 15 is 0 Å². The average Bonchev–Trinajstić information content (AvgIpc) is 2.60. The lowest BCUT2D eigenvalue weighted by Crippen LogP contribution is -2.39. The quantitative estimate of drug-likeness (QED) is 0.850. The van der Waals surface area contributed by atoms with E-state index in [0.29, 0.717) is 19.7 Å². The Morgan fingerprint density at radius 2 is 1.85 bits per heavy atom. The Morgan fingerprint density at radius 3 is 2.50 bits per heavy atom. The number of hydrogen-bond acceptors (Lipinski definition) is 4. The summed E-state index contributed by atoms with van der Waals surface area (Å²) >= 11 is 0. The molecule has 5 heteroatoms. The lowest BCUT2D eigenvalue weighted by atomic mass is 10.1. The third-order valence-corrected chi connectivity index (χ3v) is 4.48. The minimum atomic E-state index is -0.763. The number of nitrogens with zero attached hydrogens (tertiary/aromatic N) is 1. The maximum atomic E-state index is 10.8. The molecule has 0 saturated carbocycles. The first kappa shape index (κ1) is 18.4. The van der Waals surface area contributed by atoms with Gasteiger partial charge >= 0.3 is 5.97 Å². The predicted molar refractivity (Wildman–Crippen MR) is 99.8 cm³/mol. The Hall–Kier alpha value is -2.37. The molecule has 0 spiro atoms. The van der Waals surface area contributed by atoms with E-state index in [0.717, 1.165) is 23.6 Å². The first-order valence-electron chi connectivity index (χ1n) is 8.91. The van der Waals surface area contributed by atoms with Crippen molar-refractivity contribution >= 4 is 5.97 Å². The van der Waals surface area contributed by atoms with E-state index in [1.165, 1.54) is 11.1 Å². The van der Waals surface area contributed by atoms with Gasteiger partial charge in [-0.15, -0.1) is 0 Å². The third-order valence-electron chi connectivity index (χ3n) is 4.48. The van der Waals surface area contributed by atoms with Crippen molar-refractivity contribution in [3.8, 4) is 11.5 Å². The molecule has 1 saturated heterocycles. The second-order valence-corrected chi connectivity index (χ2v) is 6.80. The van der Waals surface area contributed by atoms with Crippen LogP contribution in [0.5, 0.6) is 11.5 Å². The summed E-state index contributed by atoms with van der Waals surface area (Å²) in [6, 6.07) is 14.1. The van der Waals surface area contributed by atoms with Crippen LogP contribution in [0.2, 0.25) is 0 Å². The van der Waals surface area contributed by atoms with Crippen molar-refractivity contribution in [3.63, 3.8) is 0 Å². The number of carboxylic acids is 1. The Kier molecular flexibility index (Phi) is 5.91. The zero-order valence-electron chi connectivity index (χ0n) is 15.3. The summed E-state index contributed by atoms with van der Waals surface area (Å²) in [5.74, 6) is 0.863. The molecular weight excluding hydrogens is 330 g/mol. The average molecular weight is 355 g/mol. The molecule has 1 atom stereocenters. The molecule has 1 aliphatic heterocycles. The number of carbonyl (C=O) groups is 1. The maximum Gasteiger partial charge on any atom is 0.304 e. The van der Waals surface area contributed by atoms with E-state index in [1.54, 1.807) is 0 Å². The van der Waals surface area contributed by atoms with Gasteiger partial charge in [-0.05, 0) is 54.8 Å². The number of benzene rings is 2. The fraction of sp³-hybridized carbons (Fsp3) is 0.381. The predicted octanol–water partition coefficient (Wildman–Crippen LogP) is 3.94. The summed E-state index contributed by atoms with van der Waals surface area (Å²) in [7, 11) is 0. The standard InChI is InChI=1S/C21H25NO4/c1-15-11-16(2)13-19(12-15)26-18-5-3-17(4-6-18)20-14-22(9-10-25-20)8-7-21(23)24/h3-6,11-13,20H,7-10,14H2,1-2H3,(H,23,24). The fourth-order valence-electron chi connectivity index (χ4n) is 3.24. The van der Waals surface area contributed by atoms with Crippen molar-refractivity contribution in [2.75, 3.05) is 26.2 Å². The molecular formula is C21H25NO4. The Morgan fingerprint density at radius 1 is 1.15 bits per heavy atom. The number of rotatable bonds is 6. The molecule has 0 aliphatic carbocycles. The zero-order valence-corrected chi connectivity index (χ0v) is 15.3. The highest BCUT2D eigenvalue weighted by Gasteiger charge is 2.22. The minimum absolute atomic E-state index is 0.0344. The van der Waals surface area contributed by atoms with Crippen LogP contribution in [0.15, 0.2) is 42.5 Å². The summed E-state index contributed by atoms with van der Waals surface area (Å²) in [6.07, 6.45) is 0.128. The van der Waals surface area contributed by atoms with Crippen LogP contribution in [0.25, 0.3) is 0 Å². The summed E-state index contributed by atoms with van der Waals surface area (Å²) in [5, 5.41) is 8.84. The van der Waals surface area contributed by atoms with Crippen molar-refractivity contribution in [3.05, 3.63) is 59.2 Å². The van der Waals surface area contributed by atoms with Crippen LogP contribution in [0.1, 0.15) is 29.2 Å². The molecule has 0 radical (unpaired) electrons. The zero-order chi connectivity index (χ0) is 18.5. The molecule has 1 aliphatic rings. The lowest BCUT2D eigenvalue weighted by Gasteiger charge is -2.32. The van der Waals surface area contributed by atoms with E-state index in [2.05, 4.69) is 24.8 Å². The highest BCUT2D eigenvalue weighted by atomic mass is 16.5. The number of aliphatic carboxylic acids is 1. The van der Waals surface area contributed by atoms with E-state index in [-0.39, 0.29) is 12.5 Å². The molecule has 1 unspecified atom stereocenters. The van der Waals surface area contributed by atoms with Crippen molar-refractivity contribution in [1.29, 1.82) is 0 Å². The molecule has 3 rings (SSSR count). The first-order chi connectivity index (χ1) is 12.5. The highest BCUT2D eigenvalue weighted by Crippen LogP contribution is 2.27. The second-order valence-electron chi connectivity index (χ2n) is 6.80. The van der Waals surface area contributed by atoms with Gasteiger partial charge in [-0.1, -0.05) is 18.2 Å². The van der Waals surface area contributed by atoms with Crippen molar-refractivity contribution in [2.45, 2.75) is 26.4 Å². The van der Waals surface area contributed by atoms with Gasteiger partial charge in [0.1, 0.15) is 11.5 Å². The molecule has 0 aromatic heterocycles. The van der Waals surface area contributed by atoms with E-state index in [1.807, 2.05) is 36.4 Å². The molecule has 1 fully saturated rings. The lowest BCUT2D eigenvalue weighted by molar-refractivity contribution is -0.137. The van der Waals surface area contributed by atoms with Gasteiger partial charge in [0.2, 0.25) is 0 Å². The summed E-state index contributed by atoms with van der Waals surface area (Å²) in [5.41, 5.74) is 3.43. The molecule has 1 heterocycles. The molecule has 26 heavy (non-hydrogen) atoms. The van der Waals surface area contributed by atoms with Gasteiger partial charge in [-0.2, -0.15) is 0 Å². The van der Waals surface area contributed by atoms with Crippen LogP contribution in [-0.4, -0.2) is 42.2 Å². The Bertz CT molecular complexity index is 737. The van der Waals surface area contributed by atoms with E-state index in [9.17, 15) is 4.79 Å². The molecule has 5 nitrogen and oxygen atoms in total. The molecule has 1 N–H and O–H groups in total. The number of carboxylic acid groups (broad SMARTS) is 1. The van der Waals surface area contributed by atoms with E-state index in [4.69, 9.17) is 14.6 Å². The molecule has 0 bridgehead atoms. The molecule has 0 amide bonds. The summed E-state index contributed by atoms with van der Waals surface area (Å²) < 4.78 is 11.8. The minimum Gasteiger partial charge on any atom is -0.481 e. The van der Waals surface area contributed by atoms with Gasteiger partial charge < -0.3 is 14.6 Å². The van der Waals surface area contributed by atoms with Crippen LogP contribution in [0.4, 0.5) is 0 Å². The fourth-order valence-corrected chi connectivity index (χ4v) is 3.24. The third kappa shape index (κ3) is 5.07. The van der Waals surface area contributed by atoms with Gasteiger partial charge in [0.25, 0.3) is 0 Å². The van der Waals surface area contributed by atoms with Gasteiger partial charge in [-0.3, -0.25) is 9.69 Å². The number of ether oxygens (including phenoxy) is 2. The highest BCUT2D eigenvalue weighted by molar-refractivity contribution is 5.66. The van der Waals surface area contributed by atoms with Crippen molar-refractivity contribution in [1.82, 2.24) is 4.90 Å². The number of aryl methyl sites for hydroxylation is 2. The molecule has 2 aromatic carbocycles. The summed E-state index contributed by atoms with van der Waals surface area (Å²) in [4.78, 5) is 12.9. The van der Waals surface area contributed by atoms with Crippen LogP contribution in [0.3, 0.4) is 0 Å². The topological polar surface area (TPSA) is 59.0 Å². The van der Waals surface area contributed by atoms with Crippen LogP contribution < -0.4 is 4.74 Å². The first-order valence-corrected chi connectivity index (χ1v) is 8.91. The second kappa shape index (κ2) is 8.34. The van der Waals surface area contributed by atoms with Crippen molar-refractivity contribution in [2.24, 2.45) is 0 Å². The van der Waals surface area contributed by atoms with Gasteiger partial charge in [0.05, 0.1) is 19.1 Å². The van der Waals surface area contributed by atoms with Crippen LogP contribution in [0, 0.1) is 13.8 Å². The molecule has 2 aromatic rings. The largest absolute Gasteiger partial charge is 0.481 e. The number of morpholine rings is 1. The van der Waals surface area contributed by atoms with Crippen LogP contribution >= 0.6 is 0 Å². The summed E-state index contributed by atoms with van der Waals surface area (Å²) in [6.45, 7) is 6.77. The Balaban J connectivity index is 1.62.